The number of tetrazole rings is 1. The summed E-state index contributed by atoms with van der Waals surface area (Å²) >= 11 is 0. The van der Waals surface area contributed by atoms with Gasteiger partial charge in [0.15, 0.2) is 5.82 Å². The summed E-state index contributed by atoms with van der Waals surface area (Å²) in [7, 11) is 3.00. The third kappa shape index (κ3) is 3.30. The van der Waals surface area contributed by atoms with Gasteiger partial charge in [0.2, 0.25) is 0 Å². The van der Waals surface area contributed by atoms with Gasteiger partial charge in [0, 0.05) is 20.3 Å². The number of ketones is 1. The minimum absolute atomic E-state index is 0.276. The van der Waals surface area contributed by atoms with E-state index in [4.69, 9.17) is 0 Å². The molecule has 1 heterocycles. The molecule has 0 aliphatic carbocycles. The van der Waals surface area contributed by atoms with Crippen LogP contribution >= 0.6 is 0 Å². The number of benzene rings is 1. The van der Waals surface area contributed by atoms with Crippen LogP contribution in [0.1, 0.15) is 5.82 Å². The van der Waals surface area contributed by atoms with Crippen molar-refractivity contribution in [1.29, 1.82) is 0 Å². The number of nitrogens with zero attached hydrogens (tertiary/aromatic N) is 5. The van der Waals surface area contributed by atoms with E-state index in [1.54, 1.807) is 30.3 Å². The number of rotatable bonds is 4. The molecule has 0 unspecified atom stereocenters. The van der Waals surface area contributed by atoms with Crippen LogP contribution < -0.4 is 0 Å². The highest BCUT2D eigenvalue weighted by molar-refractivity contribution is 6.22. The second-order valence-corrected chi connectivity index (χ2v) is 4.58. The topological polar surface area (TPSA) is 63.9 Å². The van der Waals surface area contributed by atoms with Gasteiger partial charge in [-0.3, -0.25) is 4.79 Å². The van der Waals surface area contributed by atoms with E-state index in [1.807, 2.05) is 0 Å². The summed E-state index contributed by atoms with van der Waals surface area (Å²) in [5.74, 6) is -2.28. The lowest BCUT2D eigenvalue weighted by molar-refractivity contribution is -0.164. The molecule has 6 nitrogen and oxygen atoms in total. The minimum atomic E-state index is -5.02. The van der Waals surface area contributed by atoms with Gasteiger partial charge in [-0.25, -0.2) is 0 Å². The molecule has 0 aliphatic rings. The summed E-state index contributed by atoms with van der Waals surface area (Å²) in [6.07, 6.45) is -3.98. The first kappa shape index (κ1) is 15.7. The number of Topliss-reactive ketones (excluding diaryl/α,β-unsaturated/α-hetero) is 1. The number of hydrogen-bond donors (Lipinski definition) is 0. The Kier molecular flexibility index (Phi) is 4.25. The number of carbonyl (C=O) groups excluding carboxylic acids is 1. The minimum Gasteiger partial charge on any atom is -0.383 e. The Bertz CT molecular complexity index is 691. The zero-order chi connectivity index (χ0) is 16.3. The van der Waals surface area contributed by atoms with Crippen molar-refractivity contribution in [2.75, 3.05) is 14.1 Å². The molecule has 2 aromatic rings. The second-order valence-electron chi connectivity index (χ2n) is 4.58. The first-order valence-electron chi connectivity index (χ1n) is 6.14. The van der Waals surface area contributed by atoms with E-state index in [2.05, 4.69) is 15.5 Å². The largest absolute Gasteiger partial charge is 0.455 e. The molecule has 0 aliphatic heterocycles. The van der Waals surface area contributed by atoms with Gasteiger partial charge in [0.1, 0.15) is 0 Å². The van der Waals surface area contributed by atoms with Gasteiger partial charge in [-0.1, -0.05) is 18.2 Å². The highest BCUT2D eigenvalue weighted by atomic mass is 19.4. The standard InChI is InChI=1S/C13H12F3N5O/c1-20(2)8-10(11(22)13(14,15)16)12-17-18-19-21(12)9-6-4-3-5-7-9/h3-8H,1-2H3/b10-8+. The molecule has 0 spiro atoms. The van der Waals surface area contributed by atoms with Gasteiger partial charge < -0.3 is 4.90 Å². The Morgan fingerprint density at radius 2 is 1.86 bits per heavy atom. The van der Waals surface area contributed by atoms with E-state index in [1.165, 1.54) is 19.0 Å². The summed E-state index contributed by atoms with van der Waals surface area (Å²) in [6.45, 7) is 0. The summed E-state index contributed by atoms with van der Waals surface area (Å²) in [5.41, 5.74) is -0.187. The number of aromatic nitrogens is 4. The maximum absolute atomic E-state index is 12.8. The first-order valence-corrected chi connectivity index (χ1v) is 6.14. The molecule has 9 heteroatoms. The molecule has 0 saturated heterocycles. The summed E-state index contributed by atoms with van der Waals surface area (Å²) in [6, 6.07) is 8.34. The predicted octanol–water partition coefficient (Wildman–Crippen LogP) is 1.70. The highest BCUT2D eigenvalue weighted by Crippen LogP contribution is 2.26. The highest BCUT2D eigenvalue weighted by Gasteiger charge is 2.43. The van der Waals surface area contributed by atoms with Crippen LogP contribution in [0.2, 0.25) is 0 Å². The molecule has 0 atom stereocenters. The fourth-order valence-corrected chi connectivity index (χ4v) is 1.73. The average molecular weight is 311 g/mol. The number of halogens is 3. The third-order valence-electron chi connectivity index (χ3n) is 2.60. The molecule has 116 valence electrons. The fourth-order valence-electron chi connectivity index (χ4n) is 1.73. The monoisotopic (exact) mass is 311 g/mol. The smallest absolute Gasteiger partial charge is 0.383 e. The van der Waals surface area contributed by atoms with Crippen molar-refractivity contribution >= 4 is 11.4 Å². The number of carbonyl (C=O) groups is 1. The van der Waals surface area contributed by atoms with Crippen LogP contribution in [0.4, 0.5) is 13.2 Å². The molecule has 22 heavy (non-hydrogen) atoms. The SMILES string of the molecule is CN(C)/C=C(\C(=O)C(F)(F)F)c1nnnn1-c1ccccc1. The number of allylic oxidation sites excluding steroid dienone is 1. The van der Waals surface area contributed by atoms with Crippen molar-refractivity contribution in [3.63, 3.8) is 0 Å². The van der Waals surface area contributed by atoms with Gasteiger partial charge in [-0.2, -0.15) is 17.9 Å². The molecule has 2 rings (SSSR count). The number of hydrogen-bond acceptors (Lipinski definition) is 5. The normalized spacial score (nSPS) is 12.3. The lowest BCUT2D eigenvalue weighted by atomic mass is 10.1. The summed E-state index contributed by atoms with van der Waals surface area (Å²) in [4.78, 5) is 13.0. The van der Waals surface area contributed by atoms with Crippen molar-refractivity contribution < 1.29 is 18.0 Å². The van der Waals surface area contributed by atoms with Crippen molar-refractivity contribution in [3.05, 3.63) is 42.4 Å². The molecular formula is C13H12F3N5O. The Morgan fingerprint density at radius 1 is 1.23 bits per heavy atom. The van der Waals surface area contributed by atoms with E-state index in [0.717, 1.165) is 10.9 Å². The van der Waals surface area contributed by atoms with Crippen molar-refractivity contribution in [1.82, 2.24) is 25.1 Å². The summed E-state index contributed by atoms with van der Waals surface area (Å²) in [5, 5.41) is 10.6. The number of para-hydroxylation sites is 1. The van der Waals surface area contributed by atoms with Gasteiger partial charge in [0.25, 0.3) is 5.78 Å². The summed E-state index contributed by atoms with van der Waals surface area (Å²) < 4.78 is 39.4. The van der Waals surface area contributed by atoms with Crippen molar-refractivity contribution in [3.8, 4) is 5.69 Å². The van der Waals surface area contributed by atoms with Crippen molar-refractivity contribution in [2.45, 2.75) is 6.18 Å². The number of alkyl halides is 3. The van der Waals surface area contributed by atoms with Crippen LogP contribution in [0.15, 0.2) is 36.5 Å². The van der Waals surface area contributed by atoms with Crippen LogP contribution in [-0.2, 0) is 4.79 Å². The molecule has 0 radical (unpaired) electrons. The van der Waals surface area contributed by atoms with Gasteiger partial charge in [-0.15, -0.1) is 5.10 Å². The molecule has 0 amide bonds. The second kappa shape index (κ2) is 5.96. The molecule has 0 fully saturated rings. The molecule has 0 saturated carbocycles. The van der Waals surface area contributed by atoms with Crippen LogP contribution in [0.3, 0.4) is 0 Å². The van der Waals surface area contributed by atoms with E-state index in [9.17, 15) is 18.0 Å². The van der Waals surface area contributed by atoms with Crippen molar-refractivity contribution in [2.24, 2.45) is 0 Å². The zero-order valence-electron chi connectivity index (χ0n) is 11.7. The van der Waals surface area contributed by atoms with Crippen LogP contribution in [0, 0.1) is 0 Å². The van der Waals surface area contributed by atoms with Crippen LogP contribution in [-0.4, -0.2) is 51.2 Å². The Balaban J connectivity index is 2.56. The Hall–Kier alpha value is -2.71. The Labute approximate surface area is 123 Å². The predicted molar refractivity (Wildman–Crippen MR) is 71.9 cm³/mol. The Morgan fingerprint density at radius 3 is 2.41 bits per heavy atom. The lowest BCUT2D eigenvalue weighted by Gasteiger charge is -2.12. The quantitative estimate of drug-likeness (QED) is 0.804. The molecular weight excluding hydrogens is 299 g/mol. The van der Waals surface area contributed by atoms with E-state index in [-0.39, 0.29) is 5.82 Å². The molecule has 0 bridgehead atoms. The third-order valence-corrected chi connectivity index (χ3v) is 2.60. The maximum atomic E-state index is 12.8. The lowest BCUT2D eigenvalue weighted by Crippen LogP contribution is -2.26. The molecule has 0 N–H and O–H groups in total. The first-order chi connectivity index (χ1) is 10.3. The van der Waals surface area contributed by atoms with E-state index in [0.29, 0.717) is 5.69 Å². The van der Waals surface area contributed by atoms with Crippen LogP contribution in [0.5, 0.6) is 0 Å². The molecule has 1 aromatic heterocycles. The zero-order valence-corrected chi connectivity index (χ0v) is 11.7. The van der Waals surface area contributed by atoms with Gasteiger partial charge in [0.05, 0.1) is 11.3 Å². The maximum Gasteiger partial charge on any atom is 0.455 e. The fraction of sp³-hybridized carbons (Fsp3) is 0.231. The molecule has 1 aromatic carbocycles. The average Bonchev–Trinajstić information content (AvgIpc) is 2.93. The van der Waals surface area contributed by atoms with Gasteiger partial charge in [-0.05, 0) is 22.6 Å². The van der Waals surface area contributed by atoms with E-state index < -0.39 is 17.5 Å². The van der Waals surface area contributed by atoms with Gasteiger partial charge >= 0.3 is 6.18 Å². The van der Waals surface area contributed by atoms with Crippen LogP contribution in [0.25, 0.3) is 11.3 Å². The van der Waals surface area contributed by atoms with E-state index >= 15 is 0 Å².